The van der Waals surface area contributed by atoms with Crippen molar-refractivity contribution in [2.75, 3.05) is 0 Å². The van der Waals surface area contributed by atoms with Gasteiger partial charge in [0.1, 0.15) is 5.03 Å². The van der Waals surface area contributed by atoms with Crippen LogP contribution in [0.2, 0.25) is 0 Å². The van der Waals surface area contributed by atoms with E-state index in [-0.39, 0.29) is 0 Å². The van der Waals surface area contributed by atoms with Crippen molar-refractivity contribution in [3.63, 3.8) is 0 Å². The maximum absolute atomic E-state index is 11.1. The van der Waals surface area contributed by atoms with Crippen LogP contribution in [0.15, 0.2) is 28.1 Å². The van der Waals surface area contributed by atoms with Gasteiger partial charge < -0.3 is 0 Å². The molecule has 0 aromatic heterocycles. The van der Waals surface area contributed by atoms with Crippen molar-refractivity contribution in [1.29, 1.82) is 0 Å². The van der Waals surface area contributed by atoms with Crippen molar-refractivity contribution in [2.24, 2.45) is 4.99 Å². The molecule has 0 fully saturated rings. The van der Waals surface area contributed by atoms with Crippen molar-refractivity contribution in [3.05, 3.63) is 23.1 Å². The van der Waals surface area contributed by atoms with Crippen molar-refractivity contribution in [1.82, 2.24) is 21.0 Å². The Balaban J connectivity index is 2.26. The zero-order chi connectivity index (χ0) is 11.0. The molecule has 2 rings (SSSR count). The molecule has 0 unspecified atom stereocenters. The SMILES string of the molecule is CC1=NC2=CN(C(=O)NO)NN2C([S])=C1. The molecule has 8 heteroatoms. The number of nitrogens with zero attached hydrogens (tertiary/aromatic N) is 3. The number of hydrogen-bond acceptors (Lipinski definition) is 5. The minimum Gasteiger partial charge on any atom is -0.287 e. The van der Waals surface area contributed by atoms with Gasteiger partial charge in [-0.2, -0.15) is 0 Å². The number of hydrazine groups is 2. The summed E-state index contributed by atoms with van der Waals surface area (Å²) in [7, 11) is 0. The van der Waals surface area contributed by atoms with E-state index in [4.69, 9.17) is 17.8 Å². The van der Waals surface area contributed by atoms with E-state index in [9.17, 15) is 4.79 Å². The number of fused-ring (bicyclic) bond motifs is 1. The Morgan fingerprint density at radius 1 is 1.73 bits per heavy atom. The number of nitrogens with one attached hydrogen (secondary N) is 2. The molecule has 2 aliphatic rings. The molecule has 0 aromatic carbocycles. The Morgan fingerprint density at radius 2 is 2.47 bits per heavy atom. The molecule has 1 radical (unpaired) electrons. The third kappa shape index (κ3) is 1.65. The molecule has 3 N–H and O–H groups in total. The molecule has 0 spiro atoms. The average Bonchev–Trinajstić information content (AvgIpc) is 2.60. The molecule has 15 heavy (non-hydrogen) atoms. The maximum Gasteiger partial charge on any atom is 0.361 e. The minimum atomic E-state index is -0.715. The summed E-state index contributed by atoms with van der Waals surface area (Å²) in [6.45, 7) is 1.80. The van der Waals surface area contributed by atoms with E-state index in [0.29, 0.717) is 10.9 Å². The molecule has 79 valence electrons. The molecule has 2 aliphatic heterocycles. The highest BCUT2D eigenvalue weighted by atomic mass is 32.1. The number of aliphatic imine (C=N–C) groups is 1. The van der Waals surface area contributed by atoms with Crippen LogP contribution in [0.5, 0.6) is 0 Å². The molecule has 2 heterocycles. The smallest absolute Gasteiger partial charge is 0.287 e. The third-order valence-electron chi connectivity index (χ3n) is 1.84. The van der Waals surface area contributed by atoms with Gasteiger partial charge in [0.25, 0.3) is 0 Å². The van der Waals surface area contributed by atoms with Gasteiger partial charge in [-0.3, -0.25) is 5.21 Å². The van der Waals surface area contributed by atoms with E-state index >= 15 is 0 Å². The van der Waals surface area contributed by atoms with Crippen LogP contribution in [0.3, 0.4) is 0 Å². The number of amides is 2. The Labute approximate surface area is 91.1 Å². The molecular weight excluding hydrogens is 218 g/mol. The number of urea groups is 1. The summed E-state index contributed by atoms with van der Waals surface area (Å²) in [6.07, 6.45) is 3.12. The molecule has 0 bridgehead atoms. The highest BCUT2D eigenvalue weighted by Crippen LogP contribution is 2.24. The Morgan fingerprint density at radius 3 is 3.13 bits per heavy atom. The molecule has 7 nitrogen and oxygen atoms in total. The molecule has 0 atom stereocenters. The molecule has 0 saturated heterocycles. The zero-order valence-corrected chi connectivity index (χ0v) is 8.58. The van der Waals surface area contributed by atoms with Crippen molar-refractivity contribution in [2.45, 2.75) is 6.92 Å². The van der Waals surface area contributed by atoms with E-state index in [0.717, 1.165) is 10.7 Å². The lowest BCUT2D eigenvalue weighted by atomic mass is 10.3. The van der Waals surface area contributed by atoms with Crippen molar-refractivity contribution >= 4 is 24.4 Å². The first-order valence-electron chi connectivity index (χ1n) is 4.07. The second-order valence-electron chi connectivity index (χ2n) is 2.95. The number of allylic oxidation sites excluding steroid dienone is 1. The van der Waals surface area contributed by atoms with Gasteiger partial charge in [-0.15, -0.1) is 5.53 Å². The highest BCUT2D eigenvalue weighted by molar-refractivity contribution is 7.84. The number of hydroxylamine groups is 1. The van der Waals surface area contributed by atoms with Gasteiger partial charge in [0.2, 0.25) is 0 Å². The van der Waals surface area contributed by atoms with Gasteiger partial charge in [-0.05, 0) is 13.0 Å². The topological polar surface area (TPSA) is 80.2 Å². The summed E-state index contributed by atoms with van der Waals surface area (Å²) in [5, 5.41) is 11.4. The second kappa shape index (κ2) is 3.50. The predicted molar refractivity (Wildman–Crippen MR) is 54.0 cm³/mol. The Bertz CT molecular complexity index is 402. The van der Waals surface area contributed by atoms with Gasteiger partial charge in [0.15, 0.2) is 5.82 Å². The number of carbonyl (C=O) groups is 1. The number of carbonyl (C=O) groups excluding carboxylic acids is 1. The summed E-state index contributed by atoms with van der Waals surface area (Å²) in [5.41, 5.74) is 4.89. The van der Waals surface area contributed by atoms with Crippen LogP contribution in [0.4, 0.5) is 4.79 Å². The summed E-state index contributed by atoms with van der Waals surface area (Å²) in [4.78, 5) is 15.2. The van der Waals surface area contributed by atoms with Crippen molar-refractivity contribution in [3.8, 4) is 0 Å². The lowest BCUT2D eigenvalue weighted by Gasteiger charge is -2.23. The molecule has 0 saturated carbocycles. The summed E-state index contributed by atoms with van der Waals surface area (Å²) in [6, 6.07) is -0.715. The molecule has 0 aliphatic carbocycles. The van der Waals surface area contributed by atoms with Gasteiger partial charge in [0.05, 0.1) is 6.20 Å². The summed E-state index contributed by atoms with van der Waals surface area (Å²) < 4.78 is 0. The first-order valence-corrected chi connectivity index (χ1v) is 4.48. The summed E-state index contributed by atoms with van der Waals surface area (Å²) >= 11 is 5.06. The maximum atomic E-state index is 11.1. The Hall–Kier alpha value is -1.64. The fourth-order valence-electron chi connectivity index (χ4n) is 1.22. The van der Waals surface area contributed by atoms with Crippen LogP contribution >= 0.6 is 12.6 Å². The van der Waals surface area contributed by atoms with Gasteiger partial charge in [-0.25, -0.2) is 25.3 Å². The first kappa shape index (κ1) is 9.90. The number of hydrogen-bond donors (Lipinski definition) is 3. The van der Waals surface area contributed by atoms with E-state index in [1.54, 1.807) is 13.0 Å². The van der Waals surface area contributed by atoms with E-state index < -0.39 is 6.03 Å². The van der Waals surface area contributed by atoms with Gasteiger partial charge >= 0.3 is 6.03 Å². The number of rotatable bonds is 0. The van der Waals surface area contributed by atoms with E-state index in [1.807, 2.05) is 0 Å². The lowest BCUT2D eigenvalue weighted by Crippen LogP contribution is -2.46. The standard InChI is InChI=1S/C7H8N5O2S/c1-4-2-6(15)12-5(8-4)3-11(10-12)7(13)9-14/h2-3,10,14H,1H3,(H,9,13). The fraction of sp³-hybridized carbons (Fsp3) is 0.143. The normalized spacial score (nSPS) is 19.2. The predicted octanol–water partition coefficient (Wildman–Crippen LogP) is 0.435. The average molecular weight is 226 g/mol. The monoisotopic (exact) mass is 226 g/mol. The summed E-state index contributed by atoms with van der Waals surface area (Å²) in [5.74, 6) is 0.503. The molecule has 0 aromatic rings. The first-order chi connectivity index (χ1) is 7.11. The third-order valence-corrected chi connectivity index (χ3v) is 2.14. The van der Waals surface area contributed by atoms with Crippen LogP contribution in [0.1, 0.15) is 6.92 Å². The fourth-order valence-corrected chi connectivity index (χ4v) is 1.52. The highest BCUT2D eigenvalue weighted by Gasteiger charge is 2.28. The zero-order valence-electron chi connectivity index (χ0n) is 7.76. The van der Waals surface area contributed by atoms with E-state index in [1.165, 1.54) is 16.7 Å². The van der Waals surface area contributed by atoms with Crippen LogP contribution in [0.25, 0.3) is 0 Å². The van der Waals surface area contributed by atoms with Gasteiger partial charge in [0, 0.05) is 5.71 Å². The quantitative estimate of drug-likeness (QED) is 0.413. The van der Waals surface area contributed by atoms with Crippen LogP contribution in [0, 0.1) is 0 Å². The van der Waals surface area contributed by atoms with Gasteiger partial charge in [-0.1, -0.05) is 12.6 Å². The second-order valence-corrected chi connectivity index (χ2v) is 3.36. The Kier molecular flexibility index (Phi) is 2.31. The molecular formula is C7H8N5O2S. The molecule has 2 amide bonds. The minimum absolute atomic E-state index is 0.502. The van der Waals surface area contributed by atoms with Crippen LogP contribution in [-0.4, -0.2) is 27.0 Å². The van der Waals surface area contributed by atoms with Crippen LogP contribution < -0.4 is 11.0 Å². The van der Waals surface area contributed by atoms with E-state index in [2.05, 4.69) is 10.5 Å². The largest absolute Gasteiger partial charge is 0.361 e. The van der Waals surface area contributed by atoms with Crippen molar-refractivity contribution < 1.29 is 10.0 Å². The van der Waals surface area contributed by atoms with Crippen LogP contribution in [-0.2, 0) is 0 Å². The lowest BCUT2D eigenvalue weighted by molar-refractivity contribution is 0.112.